The van der Waals surface area contributed by atoms with Gasteiger partial charge in [0.2, 0.25) is 0 Å². The fourth-order valence-corrected chi connectivity index (χ4v) is 2.13. The Hall–Kier alpha value is -2.37. The van der Waals surface area contributed by atoms with Crippen molar-refractivity contribution in [2.45, 2.75) is 6.92 Å². The molecule has 118 valence electrons. The SMILES string of the molecule is Cc1ccc([N+](=O)[O-])cc1NC=CC(=O)c1ccc(Cl)c(Cl)c1. The second kappa shape index (κ2) is 7.26. The van der Waals surface area contributed by atoms with E-state index in [0.29, 0.717) is 21.3 Å². The van der Waals surface area contributed by atoms with Gasteiger partial charge in [0.1, 0.15) is 0 Å². The van der Waals surface area contributed by atoms with Gasteiger partial charge in [0.15, 0.2) is 5.78 Å². The lowest BCUT2D eigenvalue weighted by Crippen LogP contribution is -1.98. The highest BCUT2D eigenvalue weighted by Gasteiger charge is 2.08. The summed E-state index contributed by atoms with van der Waals surface area (Å²) < 4.78 is 0. The number of nitrogens with one attached hydrogen (secondary N) is 1. The van der Waals surface area contributed by atoms with Crippen LogP contribution in [0.25, 0.3) is 0 Å². The maximum Gasteiger partial charge on any atom is 0.271 e. The van der Waals surface area contributed by atoms with Gasteiger partial charge < -0.3 is 5.32 Å². The van der Waals surface area contributed by atoms with E-state index in [0.717, 1.165) is 5.56 Å². The molecule has 7 heteroatoms. The molecule has 23 heavy (non-hydrogen) atoms. The largest absolute Gasteiger partial charge is 0.361 e. The molecule has 0 bridgehead atoms. The van der Waals surface area contributed by atoms with Crippen molar-refractivity contribution in [3.63, 3.8) is 0 Å². The lowest BCUT2D eigenvalue weighted by atomic mass is 10.1. The molecule has 0 aliphatic heterocycles. The third kappa shape index (κ3) is 4.31. The second-order valence-electron chi connectivity index (χ2n) is 4.73. The van der Waals surface area contributed by atoms with Gasteiger partial charge in [-0.3, -0.25) is 14.9 Å². The molecule has 0 radical (unpaired) electrons. The van der Waals surface area contributed by atoms with Gasteiger partial charge in [0.25, 0.3) is 5.69 Å². The molecule has 0 heterocycles. The van der Waals surface area contributed by atoms with Crippen molar-refractivity contribution < 1.29 is 9.72 Å². The van der Waals surface area contributed by atoms with Gasteiger partial charge in [0, 0.05) is 35.7 Å². The summed E-state index contributed by atoms with van der Waals surface area (Å²) in [5.41, 5.74) is 1.75. The first kappa shape index (κ1) is 17.0. The van der Waals surface area contributed by atoms with Gasteiger partial charge in [-0.15, -0.1) is 0 Å². The zero-order chi connectivity index (χ0) is 17.0. The molecular weight excluding hydrogens is 339 g/mol. The minimum absolute atomic E-state index is 0.0256. The molecule has 0 unspecified atom stereocenters. The Morgan fingerprint density at radius 3 is 2.57 bits per heavy atom. The number of hydrogen-bond donors (Lipinski definition) is 1. The molecule has 0 fully saturated rings. The number of benzene rings is 2. The monoisotopic (exact) mass is 350 g/mol. The third-order valence-electron chi connectivity index (χ3n) is 3.11. The number of anilines is 1. The number of ketones is 1. The van der Waals surface area contributed by atoms with Crippen molar-refractivity contribution in [3.8, 4) is 0 Å². The lowest BCUT2D eigenvalue weighted by molar-refractivity contribution is -0.384. The Kier molecular flexibility index (Phi) is 5.36. The normalized spacial score (nSPS) is 10.7. The highest BCUT2D eigenvalue weighted by Crippen LogP contribution is 2.23. The Balaban J connectivity index is 2.12. The highest BCUT2D eigenvalue weighted by atomic mass is 35.5. The number of aryl methyl sites for hydroxylation is 1. The van der Waals surface area contributed by atoms with Crippen molar-refractivity contribution in [2.24, 2.45) is 0 Å². The van der Waals surface area contributed by atoms with Crippen LogP contribution in [0, 0.1) is 17.0 Å². The van der Waals surface area contributed by atoms with E-state index in [1.165, 1.54) is 30.5 Å². The summed E-state index contributed by atoms with van der Waals surface area (Å²) in [4.78, 5) is 22.3. The highest BCUT2D eigenvalue weighted by molar-refractivity contribution is 6.42. The third-order valence-corrected chi connectivity index (χ3v) is 3.85. The summed E-state index contributed by atoms with van der Waals surface area (Å²) >= 11 is 11.7. The van der Waals surface area contributed by atoms with Crippen molar-refractivity contribution in [2.75, 3.05) is 5.32 Å². The number of nitro benzene ring substituents is 1. The fraction of sp³-hybridized carbons (Fsp3) is 0.0625. The molecule has 0 aliphatic rings. The molecule has 1 N–H and O–H groups in total. The van der Waals surface area contributed by atoms with Crippen LogP contribution < -0.4 is 5.32 Å². The molecule has 0 saturated heterocycles. The summed E-state index contributed by atoms with van der Waals surface area (Å²) in [5.74, 6) is -0.265. The fourth-order valence-electron chi connectivity index (χ4n) is 1.83. The van der Waals surface area contributed by atoms with Gasteiger partial charge in [-0.25, -0.2) is 0 Å². The number of carbonyl (C=O) groups is 1. The minimum Gasteiger partial charge on any atom is -0.361 e. The summed E-state index contributed by atoms with van der Waals surface area (Å²) in [6.07, 6.45) is 2.74. The molecule has 0 atom stereocenters. The average Bonchev–Trinajstić information content (AvgIpc) is 2.51. The Morgan fingerprint density at radius 2 is 1.91 bits per heavy atom. The van der Waals surface area contributed by atoms with Crippen LogP contribution in [0.3, 0.4) is 0 Å². The molecular formula is C16H12Cl2N2O3. The van der Waals surface area contributed by atoms with E-state index in [4.69, 9.17) is 23.2 Å². The first-order valence-electron chi connectivity index (χ1n) is 6.56. The van der Waals surface area contributed by atoms with Crippen LogP contribution in [0.2, 0.25) is 10.0 Å². The Morgan fingerprint density at radius 1 is 1.17 bits per heavy atom. The number of allylic oxidation sites excluding steroid dienone is 1. The standard InChI is InChI=1S/C16H12Cl2N2O3/c1-10-2-4-12(20(22)23)9-15(10)19-7-6-16(21)11-3-5-13(17)14(18)8-11/h2-9,19H,1H3. The van der Waals surface area contributed by atoms with Gasteiger partial charge in [-0.1, -0.05) is 29.3 Å². The number of non-ortho nitro benzene ring substituents is 1. The maximum absolute atomic E-state index is 12.0. The van der Waals surface area contributed by atoms with E-state index >= 15 is 0 Å². The zero-order valence-electron chi connectivity index (χ0n) is 12.0. The molecule has 0 saturated carbocycles. The molecule has 0 aromatic heterocycles. The Bertz CT molecular complexity index is 804. The lowest BCUT2D eigenvalue weighted by Gasteiger charge is -2.05. The number of halogens is 2. The Labute approximate surface area is 142 Å². The molecule has 5 nitrogen and oxygen atoms in total. The van der Waals surface area contributed by atoms with Crippen molar-refractivity contribution in [1.82, 2.24) is 0 Å². The van der Waals surface area contributed by atoms with Crippen molar-refractivity contribution in [3.05, 3.63) is 80.0 Å². The maximum atomic E-state index is 12.0. The second-order valence-corrected chi connectivity index (χ2v) is 5.54. The predicted octanol–water partition coefficient (Wildman–Crippen LogP) is 5.02. The summed E-state index contributed by atoms with van der Waals surface area (Å²) in [7, 11) is 0. The van der Waals surface area contributed by atoms with Gasteiger partial charge in [0.05, 0.1) is 15.0 Å². The molecule has 2 rings (SSSR count). The average molecular weight is 351 g/mol. The predicted molar refractivity (Wildman–Crippen MR) is 91.4 cm³/mol. The number of carbonyl (C=O) groups excluding carboxylic acids is 1. The van der Waals surface area contributed by atoms with E-state index in [-0.39, 0.29) is 11.5 Å². The summed E-state index contributed by atoms with van der Waals surface area (Å²) in [6.45, 7) is 1.81. The van der Waals surface area contributed by atoms with Crippen LogP contribution in [0.5, 0.6) is 0 Å². The topological polar surface area (TPSA) is 72.2 Å². The van der Waals surface area contributed by atoms with Crippen LogP contribution in [0.15, 0.2) is 48.7 Å². The van der Waals surface area contributed by atoms with Gasteiger partial charge >= 0.3 is 0 Å². The number of nitro groups is 1. The van der Waals surface area contributed by atoms with Crippen LogP contribution >= 0.6 is 23.2 Å². The molecule has 0 aliphatic carbocycles. The quantitative estimate of drug-likeness (QED) is 0.355. The van der Waals surface area contributed by atoms with Crippen molar-refractivity contribution in [1.29, 1.82) is 0 Å². The number of hydrogen-bond acceptors (Lipinski definition) is 4. The smallest absolute Gasteiger partial charge is 0.271 e. The van der Waals surface area contributed by atoms with E-state index in [1.807, 2.05) is 0 Å². The summed E-state index contributed by atoms with van der Waals surface area (Å²) in [5, 5.41) is 14.3. The van der Waals surface area contributed by atoms with Crippen LogP contribution in [-0.2, 0) is 0 Å². The van der Waals surface area contributed by atoms with Crippen LogP contribution in [0.4, 0.5) is 11.4 Å². The number of nitrogens with zero attached hydrogens (tertiary/aromatic N) is 1. The zero-order valence-corrected chi connectivity index (χ0v) is 13.6. The first-order valence-corrected chi connectivity index (χ1v) is 7.31. The van der Waals surface area contributed by atoms with Crippen LogP contribution in [-0.4, -0.2) is 10.7 Å². The minimum atomic E-state index is -0.477. The van der Waals surface area contributed by atoms with E-state index < -0.39 is 4.92 Å². The van der Waals surface area contributed by atoms with E-state index in [9.17, 15) is 14.9 Å². The molecule has 0 amide bonds. The van der Waals surface area contributed by atoms with E-state index in [2.05, 4.69) is 5.32 Å². The van der Waals surface area contributed by atoms with Gasteiger partial charge in [-0.2, -0.15) is 0 Å². The van der Waals surface area contributed by atoms with E-state index in [1.54, 1.807) is 25.1 Å². The molecule has 0 spiro atoms. The molecule has 2 aromatic carbocycles. The van der Waals surface area contributed by atoms with Gasteiger partial charge in [-0.05, 0) is 30.7 Å². The number of rotatable bonds is 5. The molecule has 2 aromatic rings. The van der Waals surface area contributed by atoms with Crippen LogP contribution in [0.1, 0.15) is 15.9 Å². The summed E-state index contributed by atoms with van der Waals surface area (Å²) in [6, 6.07) is 9.06. The first-order chi connectivity index (χ1) is 10.9. The van der Waals surface area contributed by atoms with Crippen molar-refractivity contribution >= 4 is 40.4 Å².